The largest absolute Gasteiger partial charge is 0.445 e. The summed E-state index contributed by atoms with van der Waals surface area (Å²) in [6.45, 7) is 6.48. The Labute approximate surface area is 114 Å². The second-order valence-corrected chi connectivity index (χ2v) is 5.71. The highest BCUT2D eigenvalue weighted by atomic mass is 16.5. The SMILES string of the molecule is CC1(C)CNCCC1NC(=O)OCc1ccccc1. The molecule has 4 heteroatoms. The van der Waals surface area contributed by atoms with Crippen LogP contribution in [-0.4, -0.2) is 25.2 Å². The van der Waals surface area contributed by atoms with Crippen molar-refractivity contribution in [2.24, 2.45) is 5.41 Å². The number of alkyl carbamates (subject to hydrolysis) is 1. The van der Waals surface area contributed by atoms with Gasteiger partial charge in [0.05, 0.1) is 0 Å². The first-order valence-corrected chi connectivity index (χ1v) is 6.76. The lowest BCUT2D eigenvalue weighted by Gasteiger charge is -2.39. The van der Waals surface area contributed by atoms with E-state index in [4.69, 9.17) is 4.74 Å². The molecule has 1 atom stereocenters. The molecule has 1 aliphatic heterocycles. The van der Waals surface area contributed by atoms with Crippen LogP contribution in [0.15, 0.2) is 30.3 Å². The highest BCUT2D eigenvalue weighted by molar-refractivity contribution is 5.67. The first-order chi connectivity index (χ1) is 9.08. The monoisotopic (exact) mass is 262 g/mol. The minimum absolute atomic E-state index is 0.0595. The Bertz CT molecular complexity index is 417. The van der Waals surface area contributed by atoms with Crippen molar-refractivity contribution in [1.29, 1.82) is 0 Å². The average molecular weight is 262 g/mol. The molecule has 1 fully saturated rings. The van der Waals surface area contributed by atoms with E-state index < -0.39 is 0 Å². The summed E-state index contributed by atoms with van der Waals surface area (Å²) in [5, 5.41) is 6.32. The molecule has 1 saturated heterocycles. The zero-order valence-corrected chi connectivity index (χ0v) is 11.6. The topological polar surface area (TPSA) is 50.4 Å². The Kier molecular flexibility index (Phi) is 4.43. The molecular formula is C15H22N2O2. The number of hydrogen-bond donors (Lipinski definition) is 2. The predicted octanol–water partition coefficient (Wildman–Crippen LogP) is 2.30. The van der Waals surface area contributed by atoms with Gasteiger partial charge < -0.3 is 15.4 Å². The summed E-state index contributed by atoms with van der Waals surface area (Å²) >= 11 is 0. The van der Waals surface area contributed by atoms with E-state index in [1.54, 1.807) is 0 Å². The van der Waals surface area contributed by atoms with Gasteiger partial charge in [-0.1, -0.05) is 44.2 Å². The standard InChI is InChI=1S/C15H22N2O2/c1-15(2)11-16-9-8-13(15)17-14(18)19-10-12-6-4-3-5-7-12/h3-7,13,16H,8-11H2,1-2H3,(H,17,18). The molecule has 1 heterocycles. The molecule has 0 aliphatic carbocycles. The number of piperidine rings is 1. The second-order valence-electron chi connectivity index (χ2n) is 5.71. The molecule has 0 bridgehead atoms. The van der Waals surface area contributed by atoms with E-state index in [0.29, 0.717) is 6.61 Å². The van der Waals surface area contributed by atoms with Crippen molar-refractivity contribution in [1.82, 2.24) is 10.6 Å². The summed E-state index contributed by atoms with van der Waals surface area (Å²) < 4.78 is 5.25. The van der Waals surface area contributed by atoms with Crippen molar-refractivity contribution >= 4 is 6.09 Å². The molecule has 19 heavy (non-hydrogen) atoms. The molecule has 0 saturated carbocycles. The molecule has 4 nitrogen and oxygen atoms in total. The summed E-state index contributed by atoms with van der Waals surface area (Å²) in [6.07, 6.45) is 0.608. The molecule has 1 aromatic rings. The van der Waals surface area contributed by atoms with Crippen LogP contribution in [-0.2, 0) is 11.3 Å². The quantitative estimate of drug-likeness (QED) is 0.879. The molecule has 0 aromatic heterocycles. The fourth-order valence-electron chi connectivity index (χ4n) is 2.35. The lowest BCUT2D eigenvalue weighted by Crippen LogP contribution is -2.54. The van der Waals surface area contributed by atoms with Crippen LogP contribution in [0.1, 0.15) is 25.8 Å². The Balaban J connectivity index is 1.81. The average Bonchev–Trinajstić information content (AvgIpc) is 2.40. The molecule has 1 unspecified atom stereocenters. The van der Waals surface area contributed by atoms with Gasteiger partial charge in [-0.2, -0.15) is 0 Å². The number of carbonyl (C=O) groups excluding carboxylic acids is 1. The van der Waals surface area contributed by atoms with Crippen molar-refractivity contribution in [2.75, 3.05) is 13.1 Å². The van der Waals surface area contributed by atoms with Crippen molar-refractivity contribution < 1.29 is 9.53 Å². The number of nitrogens with one attached hydrogen (secondary N) is 2. The maximum atomic E-state index is 11.8. The third-order valence-electron chi connectivity index (χ3n) is 3.64. The van der Waals surface area contributed by atoms with Crippen molar-refractivity contribution in [2.45, 2.75) is 32.9 Å². The molecule has 104 valence electrons. The van der Waals surface area contributed by atoms with Crippen LogP contribution in [0, 0.1) is 5.41 Å². The van der Waals surface area contributed by atoms with Crippen LogP contribution in [0.5, 0.6) is 0 Å². The minimum atomic E-state index is -0.330. The van der Waals surface area contributed by atoms with Crippen LogP contribution in [0.3, 0.4) is 0 Å². The third kappa shape index (κ3) is 3.96. The highest BCUT2D eigenvalue weighted by Gasteiger charge is 2.33. The van der Waals surface area contributed by atoms with Gasteiger partial charge in [-0.05, 0) is 23.9 Å². The molecule has 2 rings (SSSR count). The van der Waals surface area contributed by atoms with E-state index in [0.717, 1.165) is 25.1 Å². The number of ether oxygens (including phenoxy) is 1. The Morgan fingerprint density at radius 1 is 1.42 bits per heavy atom. The van der Waals surface area contributed by atoms with E-state index in [2.05, 4.69) is 24.5 Å². The lowest BCUT2D eigenvalue weighted by atomic mass is 9.80. The van der Waals surface area contributed by atoms with Gasteiger partial charge in [0, 0.05) is 12.6 Å². The lowest BCUT2D eigenvalue weighted by molar-refractivity contribution is 0.115. The summed E-state index contributed by atoms with van der Waals surface area (Å²) in [5.74, 6) is 0. The molecule has 2 N–H and O–H groups in total. The maximum absolute atomic E-state index is 11.8. The highest BCUT2D eigenvalue weighted by Crippen LogP contribution is 2.24. The van der Waals surface area contributed by atoms with Gasteiger partial charge in [-0.15, -0.1) is 0 Å². The first kappa shape index (κ1) is 13.9. The molecule has 0 radical (unpaired) electrons. The molecule has 1 amide bonds. The van der Waals surface area contributed by atoms with Crippen molar-refractivity contribution in [3.05, 3.63) is 35.9 Å². The predicted molar refractivity (Wildman–Crippen MR) is 74.8 cm³/mol. The maximum Gasteiger partial charge on any atom is 0.407 e. The Morgan fingerprint density at radius 3 is 2.84 bits per heavy atom. The number of rotatable bonds is 3. The smallest absolute Gasteiger partial charge is 0.407 e. The molecule has 1 aliphatic rings. The Hall–Kier alpha value is -1.55. The van der Waals surface area contributed by atoms with Crippen molar-refractivity contribution in [3.63, 3.8) is 0 Å². The van der Waals surface area contributed by atoms with Crippen LogP contribution in [0.4, 0.5) is 4.79 Å². The summed E-state index contributed by atoms with van der Waals surface area (Å²) in [6, 6.07) is 9.88. The minimum Gasteiger partial charge on any atom is -0.445 e. The Morgan fingerprint density at radius 2 is 2.16 bits per heavy atom. The van der Waals surface area contributed by atoms with Crippen LogP contribution in [0.25, 0.3) is 0 Å². The van der Waals surface area contributed by atoms with Crippen LogP contribution < -0.4 is 10.6 Å². The van der Waals surface area contributed by atoms with Gasteiger partial charge in [0.1, 0.15) is 6.61 Å². The zero-order chi connectivity index (χ0) is 13.7. The third-order valence-corrected chi connectivity index (χ3v) is 3.64. The fraction of sp³-hybridized carbons (Fsp3) is 0.533. The van der Waals surface area contributed by atoms with E-state index in [1.807, 2.05) is 30.3 Å². The van der Waals surface area contributed by atoms with E-state index in [9.17, 15) is 4.79 Å². The van der Waals surface area contributed by atoms with E-state index in [1.165, 1.54) is 0 Å². The van der Waals surface area contributed by atoms with Crippen molar-refractivity contribution in [3.8, 4) is 0 Å². The number of hydrogen-bond acceptors (Lipinski definition) is 3. The fourth-order valence-corrected chi connectivity index (χ4v) is 2.35. The summed E-state index contributed by atoms with van der Waals surface area (Å²) in [5.41, 5.74) is 1.06. The summed E-state index contributed by atoms with van der Waals surface area (Å²) in [7, 11) is 0. The van der Waals surface area contributed by atoms with Gasteiger partial charge in [0.15, 0.2) is 0 Å². The summed E-state index contributed by atoms with van der Waals surface area (Å²) in [4.78, 5) is 11.8. The van der Waals surface area contributed by atoms with Gasteiger partial charge in [-0.3, -0.25) is 0 Å². The normalized spacial score (nSPS) is 21.7. The molecule has 0 spiro atoms. The zero-order valence-electron chi connectivity index (χ0n) is 11.6. The van der Waals surface area contributed by atoms with Gasteiger partial charge in [0.25, 0.3) is 0 Å². The van der Waals surface area contributed by atoms with Gasteiger partial charge in [-0.25, -0.2) is 4.79 Å². The molecular weight excluding hydrogens is 240 g/mol. The number of amides is 1. The second kappa shape index (κ2) is 6.06. The van der Waals surface area contributed by atoms with Crippen LogP contribution >= 0.6 is 0 Å². The first-order valence-electron chi connectivity index (χ1n) is 6.76. The number of carbonyl (C=O) groups is 1. The van der Waals surface area contributed by atoms with Crippen LogP contribution in [0.2, 0.25) is 0 Å². The van der Waals surface area contributed by atoms with E-state index in [-0.39, 0.29) is 17.6 Å². The van der Waals surface area contributed by atoms with E-state index >= 15 is 0 Å². The van der Waals surface area contributed by atoms with Gasteiger partial charge in [0.2, 0.25) is 0 Å². The molecule has 1 aromatic carbocycles. The van der Waals surface area contributed by atoms with Gasteiger partial charge >= 0.3 is 6.09 Å². The number of benzene rings is 1.